The molecule has 436 valence electrons. The van der Waals surface area contributed by atoms with Crippen LogP contribution in [0.2, 0.25) is 12.1 Å². The van der Waals surface area contributed by atoms with Gasteiger partial charge < -0.3 is 13.9 Å². The van der Waals surface area contributed by atoms with Crippen LogP contribution in [0, 0.1) is 18.5 Å². The van der Waals surface area contributed by atoms with E-state index in [0.29, 0.717) is 11.5 Å². The Morgan fingerprint density at radius 1 is 0.483 bits per heavy atom. The molecule has 1 saturated heterocycles. The summed E-state index contributed by atoms with van der Waals surface area (Å²) >= 11 is 0. The van der Waals surface area contributed by atoms with Crippen LogP contribution in [0.4, 0.5) is 0 Å². The summed E-state index contributed by atoms with van der Waals surface area (Å²) in [5, 5.41) is 10.6. The van der Waals surface area contributed by atoms with Gasteiger partial charge in [0, 0.05) is 44.3 Å². The molecule has 14 aromatic rings. The van der Waals surface area contributed by atoms with E-state index in [2.05, 4.69) is 314 Å². The number of pyridine rings is 1. The summed E-state index contributed by atoms with van der Waals surface area (Å²) in [6.45, 7) is 6.71. The molecule has 0 unspecified atom stereocenters. The molecule has 89 heavy (non-hydrogen) atoms. The molecule has 0 bridgehead atoms. The van der Waals surface area contributed by atoms with E-state index in [9.17, 15) is 0 Å². The molecule has 1 fully saturated rings. The van der Waals surface area contributed by atoms with Crippen LogP contribution in [0.3, 0.4) is 0 Å². The standard InChI is InChI=1S/C81H66N4OSi2.Pt/c1-81(2,3)61-49-50-82-79(55-61)85-75-44-18-17-41-73(75)74-48-47-64(57-78(74)85)86-63-30-25-29-62(56-63)83-58-84(77-46-20-19-45-76(77)83)80-71(59-27-23-39-69(53-59)87(51-21-8-22-52-87)65-31-9-4-10-32-65)42-26-43-72(80)60-28-24-40-70(54-60)88(66-33-11-5-12-34-66,67-35-13-6-14-36-67)68-37-15-7-16-38-68;/h4-7,9-20,23-50,53-55H,8,21-22,51-52H2,1-3H3;/q-2;. The van der Waals surface area contributed by atoms with Gasteiger partial charge in [-0.3, -0.25) is 4.57 Å². The quantitative estimate of drug-likeness (QED) is 0.0499. The molecule has 0 N–H and O–H groups in total. The monoisotopic (exact) mass is 1360 g/mol. The molecule has 15 rings (SSSR count). The predicted molar refractivity (Wildman–Crippen MR) is 368 cm³/mol. The zero-order chi connectivity index (χ0) is 59.2. The average molecular weight is 1360 g/mol. The molecule has 0 spiro atoms. The number of hydrogen-bond acceptors (Lipinski definition) is 2. The van der Waals surface area contributed by atoms with Crippen LogP contribution < -0.4 is 40.4 Å². The number of imidazole rings is 1. The van der Waals surface area contributed by atoms with E-state index in [1.54, 1.807) is 0 Å². The van der Waals surface area contributed by atoms with E-state index >= 15 is 0 Å². The van der Waals surface area contributed by atoms with Crippen molar-refractivity contribution in [3.63, 3.8) is 0 Å². The number of fused-ring (bicyclic) bond motifs is 4. The van der Waals surface area contributed by atoms with E-state index < -0.39 is 16.1 Å². The van der Waals surface area contributed by atoms with Crippen molar-refractivity contribution in [3.8, 4) is 50.9 Å². The summed E-state index contributed by atoms with van der Waals surface area (Å²) in [6, 6.07) is 113. The maximum Gasteiger partial charge on any atom is 0.268 e. The smallest absolute Gasteiger partial charge is 0.268 e. The van der Waals surface area contributed by atoms with Crippen molar-refractivity contribution in [2.24, 2.45) is 0 Å². The Hall–Kier alpha value is -9.24. The minimum absolute atomic E-state index is 0. The number of rotatable bonds is 13. The third kappa shape index (κ3) is 10.3. The molecule has 0 saturated carbocycles. The largest absolute Gasteiger partial charge is 0.510 e. The summed E-state index contributed by atoms with van der Waals surface area (Å²) < 4.78 is 13.5. The molecular weight excluding hydrogens is 1300 g/mol. The molecule has 0 aliphatic carbocycles. The van der Waals surface area contributed by atoms with Crippen molar-refractivity contribution >= 4 is 80.1 Å². The Morgan fingerprint density at radius 3 is 1.73 bits per heavy atom. The van der Waals surface area contributed by atoms with Crippen LogP contribution in [0.1, 0.15) is 45.6 Å². The van der Waals surface area contributed by atoms with Gasteiger partial charge in [-0.1, -0.05) is 286 Å². The van der Waals surface area contributed by atoms with Crippen molar-refractivity contribution in [2.45, 2.75) is 57.5 Å². The molecule has 3 aromatic heterocycles. The van der Waals surface area contributed by atoms with E-state index in [-0.39, 0.29) is 26.5 Å². The summed E-state index contributed by atoms with van der Waals surface area (Å²) in [5.41, 5.74) is 11.6. The van der Waals surface area contributed by atoms with Gasteiger partial charge in [-0.25, -0.2) is 4.98 Å². The van der Waals surface area contributed by atoms with Crippen molar-refractivity contribution in [1.82, 2.24) is 14.1 Å². The first-order chi connectivity index (χ1) is 43.2. The SMILES string of the molecule is CC(C)(C)c1ccnc(-n2c3[c-]c(Oc4[c-]c(-n5[c-][n+](-c6c(-c7cccc([Si]8(c9ccccc9)CCCCC8)c7)cccc6-c6cccc([Si](c7ccccc7)(c7ccccc7)c7ccccc7)c6)c6ccccc65)ccc4)ccc3c3ccccc32)c1.[Pt]. The average Bonchev–Trinajstić information content (AvgIpc) is 1.63. The third-order valence-electron chi connectivity index (χ3n) is 18.4. The van der Waals surface area contributed by atoms with Crippen molar-refractivity contribution < 1.29 is 30.4 Å². The van der Waals surface area contributed by atoms with Crippen LogP contribution >= 0.6 is 0 Å². The van der Waals surface area contributed by atoms with Crippen molar-refractivity contribution in [3.05, 3.63) is 309 Å². The maximum absolute atomic E-state index is 6.83. The fourth-order valence-electron chi connectivity index (χ4n) is 14.2. The minimum atomic E-state index is -2.91. The van der Waals surface area contributed by atoms with E-state index in [4.69, 9.17) is 9.72 Å². The van der Waals surface area contributed by atoms with Crippen LogP contribution in [0.5, 0.6) is 11.5 Å². The number of aromatic nitrogens is 4. The fourth-order valence-corrected chi connectivity index (χ4v) is 24.1. The molecule has 1 aliphatic heterocycles. The van der Waals surface area contributed by atoms with Gasteiger partial charge in [0.25, 0.3) is 6.33 Å². The van der Waals surface area contributed by atoms with Crippen LogP contribution in [0.15, 0.2) is 285 Å². The summed E-state index contributed by atoms with van der Waals surface area (Å²) in [7, 11) is -5.01. The van der Waals surface area contributed by atoms with E-state index in [1.165, 1.54) is 73.6 Å². The zero-order valence-corrected chi connectivity index (χ0v) is 54.5. The number of nitrogens with zero attached hydrogens (tertiary/aromatic N) is 4. The molecule has 0 radical (unpaired) electrons. The fraction of sp³-hybridized carbons (Fsp3) is 0.111. The van der Waals surface area contributed by atoms with Crippen LogP contribution in [-0.2, 0) is 26.5 Å². The van der Waals surface area contributed by atoms with Gasteiger partial charge in [0.15, 0.2) is 8.07 Å². The van der Waals surface area contributed by atoms with Gasteiger partial charge in [0.05, 0.1) is 16.7 Å². The van der Waals surface area contributed by atoms with Gasteiger partial charge in [-0.2, -0.15) is 18.2 Å². The summed E-state index contributed by atoms with van der Waals surface area (Å²) in [6.07, 6.45) is 9.73. The number of para-hydroxylation sites is 4. The number of ether oxygens (including phenoxy) is 1. The Kier molecular flexibility index (Phi) is 15.5. The second-order valence-electron chi connectivity index (χ2n) is 24.6. The van der Waals surface area contributed by atoms with Gasteiger partial charge in [0.1, 0.15) is 13.9 Å². The third-order valence-corrected chi connectivity index (χ3v) is 28.5. The first-order valence-electron chi connectivity index (χ1n) is 30.9. The molecule has 5 nitrogen and oxygen atoms in total. The Bertz CT molecular complexity index is 4760. The molecule has 11 aromatic carbocycles. The first-order valence-corrected chi connectivity index (χ1v) is 35.3. The first kappa shape index (κ1) is 57.5. The minimum Gasteiger partial charge on any atom is -0.510 e. The van der Waals surface area contributed by atoms with Gasteiger partial charge in [0.2, 0.25) is 0 Å². The predicted octanol–water partition coefficient (Wildman–Crippen LogP) is 15.3. The summed E-state index contributed by atoms with van der Waals surface area (Å²) in [4.78, 5) is 4.92. The van der Waals surface area contributed by atoms with E-state index in [0.717, 1.165) is 66.7 Å². The Morgan fingerprint density at radius 2 is 1.04 bits per heavy atom. The Labute approximate surface area is 538 Å². The van der Waals surface area contributed by atoms with Gasteiger partial charge in [-0.15, -0.1) is 29.7 Å². The normalized spacial score (nSPS) is 13.3. The molecular formula is C81H66N4OPtSi2-2. The van der Waals surface area contributed by atoms with Gasteiger partial charge >= 0.3 is 0 Å². The van der Waals surface area contributed by atoms with Crippen LogP contribution in [-0.4, -0.2) is 30.3 Å². The number of hydrogen-bond donors (Lipinski definition) is 0. The molecule has 1 aliphatic rings. The maximum atomic E-state index is 6.83. The second kappa shape index (κ2) is 24.0. The zero-order valence-electron chi connectivity index (χ0n) is 50.2. The molecule has 4 heterocycles. The van der Waals surface area contributed by atoms with Crippen molar-refractivity contribution in [2.75, 3.05) is 0 Å². The van der Waals surface area contributed by atoms with E-state index in [1.807, 2.05) is 24.4 Å². The second-order valence-corrected chi connectivity index (χ2v) is 32.7. The van der Waals surface area contributed by atoms with Crippen LogP contribution in [0.25, 0.3) is 72.3 Å². The Balaban J connectivity index is 0.00000694. The van der Waals surface area contributed by atoms with Crippen molar-refractivity contribution in [1.29, 1.82) is 0 Å². The molecule has 0 atom stereocenters. The van der Waals surface area contributed by atoms with Gasteiger partial charge in [-0.05, 0) is 95.3 Å². The molecule has 0 amide bonds. The topological polar surface area (TPSA) is 35.9 Å². The number of benzene rings is 11. The summed E-state index contributed by atoms with van der Waals surface area (Å²) in [5.74, 6) is 2.00. The molecule has 8 heteroatoms.